The van der Waals surface area contributed by atoms with Crippen LogP contribution in [0.2, 0.25) is 0 Å². The maximum absolute atomic E-state index is 12.4. The van der Waals surface area contributed by atoms with Crippen molar-refractivity contribution in [2.45, 2.75) is 33.1 Å². The maximum Gasteiger partial charge on any atom is 0.228 e. The normalized spacial score (nSPS) is 13.6. The molecule has 1 aromatic carbocycles. The molecule has 1 aliphatic rings. The summed E-state index contributed by atoms with van der Waals surface area (Å²) in [6, 6.07) is 7.48. The summed E-state index contributed by atoms with van der Waals surface area (Å²) in [5, 5.41) is 0. The van der Waals surface area contributed by atoms with E-state index in [0.717, 1.165) is 29.3 Å². The summed E-state index contributed by atoms with van der Waals surface area (Å²) in [5.41, 5.74) is 2.03. The van der Waals surface area contributed by atoms with Crippen LogP contribution in [0.3, 0.4) is 0 Å². The highest BCUT2D eigenvalue weighted by Gasteiger charge is 2.27. The Bertz CT molecular complexity index is 777. The van der Waals surface area contributed by atoms with Gasteiger partial charge < -0.3 is 9.47 Å². The van der Waals surface area contributed by atoms with E-state index in [1.54, 1.807) is 12.0 Å². The first-order valence-electron chi connectivity index (χ1n) is 8.56. The fraction of sp³-hybridized carbons (Fsp3) is 0.421. The van der Waals surface area contributed by atoms with Gasteiger partial charge in [-0.05, 0) is 25.5 Å². The van der Waals surface area contributed by atoms with E-state index in [1.165, 1.54) is 0 Å². The summed E-state index contributed by atoms with van der Waals surface area (Å²) in [7, 11) is 1.61. The second-order valence-electron chi connectivity index (χ2n) is 5.93. The van der Waals surface area contributed by atoms with E-state index in [0.29, 0.717) is 37.5 Å². The van der Waals surface area contributed by atoms with Crippen LogP contribution in [0.25, 0.3) is 0 Å². The molecule has 0 bridgehead atoms. The predicted octanol–water partition coefficient (Wildman–Crippen LogP) is 2.71. The van der Waals surface area contributed by atoms with Crippen LogP contribution >= 0.6 is 0 Å². The molecule has 0 radical (unpaired) electrons. The van der Waals surface area contributed by atoms with E-state index in [4.69, 9.17) is 9.47 Å². The van der Waals surface area contributed by atoms with Crippen molar-refractivity contribution in [3.8, 4) is 11.5 Å². The molecule has 2 aromatic rings. The molecular formula is C19H23N3O3. The van der Waals surface area contributed by atoms with Crippen molar-refractivity contribution in [2.75, 3.05) is 25.2 Å². The summed E-state index contributed by atoms with van der Waals surface area (Å²) in [4.78, 5) is 23.3. The number of fused-ring (bicyclic) bond motifs is 1. The van der Waals surface area contributed by atoms with Crippen LogP contribution in [0.15, 0.2) is 24.3 Å². The molecule has 0 atom stereocenters. The molecule has 0 saturated heterocycles. The lowest BCUT2D eigenvalue weighted by Crippen LogP contribution is -2.39. The van der Waals surface area contributed by atoms with Crippen molar-refractivity contribution in [1.29, 1.82) is 0 Å². The van der Waals surface area contributed by atoms with Gasteiger partial charge in [-0.3, -0.25) is 9.69 Å². The fourth-order valence-electron chi connectivity index (χ4n) is 3.01. The summed E-state index contributed by atoms with van der Waals surface area (Å²) >= 11 is 0. The van der Waals surface area contributed by atoms with Crippen LogP contribution < -0.4 is 14.4 Å². The van der Waals surface area contributed by atoms with Crippen molar-refractivity contribution in [2.24, 2.45) is 0 Å². The summed E-state index contributed by atoms with van der Waals surface area (Å²) in [5.74, 6) is 2.93. The molecule has 0 N–H and O–H groups in total. The molecule has 0 aliphatic carbocycles. The minimum atomic E-state index is 0.0799. The third kappa shape index (κ3) is 3.57. The number of amides is 1. The van der Waals surface area contributed by atoms with Gasteiger partial charge in [-0.15, -0.1) is 0 Å². The number of aryl methyl sites for hydroxylation is 2. The minimum absolute atomic E-state index is 0.0799. The highest BCUT2D eigenvalue weighted by Crippen LogP contribution is 2.29. The topological polar surface area (TPSA) is 64.6 Å². The number of carbonyl (C=O) groups excluding carboxylic acids is 1. The highest BCUT2D eigenvalue weighted by molar-refractivity contribution is 5.95. The number of hydrogen-bond acceptors (Lipinski definition) is 5. The van der Waals surface area contributed by atoms with Crippen LogP contribution in [0.4, 0.5) is 5.82 Å². The summed E-state index contributed by atoms with van der Waals surface area (Å²) in [6.45, 7) is 4.82. The minimum Gasteiger partial charge on any atom is -0.493 e. The summed E-state index contributed by atoms with van der Waals surface area (Å²) in [6.07, 6.45) is 1.93. The number of hydrogen-bond donors (Lipinski definition) is 0. The number of rotatable bonds is 6. The lowest BCUT2D eigenvalue weighted by Gasteiger charge is -2.29. The lowest BCUT2D eigenvalue weighted by molar-refractivity contribution is -0.119. The predicted molar refractivity (Wildman–Crippen MR) is 95.3 cm³/mol. The number of aromatic nitrogens is 2. The van der Waals surface area contributed by atoms with Gasteiger partial charge in [-0.25, -0.2) is 9.97 Å². The fourth-order valence-corrected chi connectivity index (χ4v) is 3.01. The zero-order chi connectivity index (χ0) is 17.8. The number of nitrogens with zero attached hydrogens (tertiary/aromatic N) is 3. The van der Waals surface area contributed by atoms with Gasteiger partial charge in [0, 0.05) is 24.1 Å². The Hall–Kier alpha value is -2.63. The molecule has 2 heterocycles. The van der Waals surface area contributed by atoms with Crippen LogP contribution in [0, 0.1) is 6.92 Å². The molecule has 1 aliphatic heterocycles. The van der Waals surface area contributed by atoms with Crippen molar-refractivity contribution in [3.05, 3.63) is 41.3 Å². The largest absolute Gasteiger partial charge is 0.493 e. The molecule has 132 valence electrons. The van der Waals surface area contributed by atoms with Crippen LogP contribution in [0.1, 0.15) is 30.4 Å². The Morgan fingerprint density at radius 3 is 2.64 bits per heavy atom. The summed E-state index contributed by atoms with van der Waals surface area (Å²) < 4.78 is 11.1. The van der Waals surface area contributed by atoms with Crippen molar-refractivity contribution < 1.29 is 14.3 Å². The van der Waals surface area contributed by atoms with E-state index in [1.807, 2.05) is 38.1 Å². The third-order valence-electron chi connectivity index (χ3n) is 4.34. The van der Waals surface area contributed by atoms with Gasteiger partial charge in [0.15, 0.2) is 11.5 Å². The zero-order valence-corrected chi connectivity index (χ0v) is 14.9. The van der Waals surface area contributed by atoms with Crippen LogP contribution in [-0.4, -0.2) is 36.1 Å². The van der Waals surface area contributed by atoms with E-state index >= 15 is 0 Å². The maximum atomic E-state index is 12.4. The molecule has 25 heavy (non-hydrogen) atoms. The first kappa shape index (κ1) is 17.2. The Morgan fingerprint density at radius 1 is 1.16 bits per heavy atom. The van der Waals surface area contributed by atoms with Gasteiger partial charge in [-0.2, -0.15) is 0 Å². The molecule has 0 fully saturated rings. The molecular weight excluding hydrogens is 318 g/mol. The number of anilines is 1. The van der Waals surface area contributed by atoms with Crippen LogP contribution in [0.5, 0.6) is 11.5 Å². The van der Waals surface area contributed by atoms with E-state index in [-0.39, 0.29) is 5.91 Å². The first-order chi connectivity index (χ1) is 12.1. The highest BCUT2D eigenvalue weighted by atomic mass is 16.5. The van der Waals surface area contributed by atoms with Gasteiger partial charge in [0.05, 0.1) is 13.7 Å². The standard InChI is InChI=1S/C19H23N3O3/c1-4-17-20-13(2)14-9-10-18(23)22(19(14)21-17)11-12-25-16-8-6-5-7-15(16)24-3/h5-8H,4,9-12H2,1-3H3. The van der Waals surface area contributed by atoms with E-state index in [9.17, 15) is 4.79 Å². The smallest absolute Gasteiger partial charge is 0.228 e. The second kappa shape index (κ2) is 7.51. The molecule has 6 nitrogen and oxygen atoms in total. The molecule has 0 unspecified atom stereocenters. The number of ether oxygens (including phenoxy) is 2. The third-order valence-corrected chi connectivity index (χ3v) is 4.34. The van der Waals surface area contributed by atoms with E-state index in [2.05, 4.69) is 9.97 Å². The van der Waals surface area contributed by atoms with Gasteiger partial charge in [0.1, 0.15) is 18.2 Å². The van der Waals surface area contributed by atoms with Gasteiger partial charge in [-0.1, -0.05) is 19.1 Å². The van der Waals surface area contributed by atoms with Gasteiger partial charge in [0.2, 0.25) is 5.91 Å². The molecule has 3 rings (SSSR count). The molecule has 0 spiro atoms. The quantitative estimate of drug-likeness (QED) is 0.808. The van der Waals surface area contributed by atoms with Crippen molar-refractivity contribution >= 4 is 11.7 Å². The Labute approximate surface area is 147 Å². The van der Waals surface area contributed by atoms with Crippen molar-refractivity contribution in [1.82, 2.24) is 9.97 Å². The Balaban J connectivity index is 1.77. The second-order valence-corrected chi connectivity index (χ2v) is 5.93. The molecule has 1 aromatic heterocycles. The lowest BCUT2D eigenvalue weighted by atomic mass is 10.0. The van der Waals surface area contributed by atoms with Crippen LogP contribution in [-0.2, 0) is 17.6 Å². The van der Waals surface area contributed by atoms with Gasteiger partial charge >= 0.3 is 0 Å². The molecule has 1 amide bonds. The Kier molecular flexibility index (Phi) is 5.16. The number of methoxy groups -OCH3 is 1. The van der Waals surface area contributed by atoms with Gasteiger partial charge in [0.25, 0.3) is 0 Å². The Morgan fingerprint density at radius 2 is 1.92 bits per heavy atom. The monoisotopic (exact) mass is 341 g/mol. The zero-order valence-electron chi connectivity index (χ0n) is 14.9. The first-order valence-corrected chi connectivity index (χ1v) is 8.56. The SMILES string of the molecule is CCc1nc(C)c2c(n1)N(CCOc1ccccc1OC)C(=O)CC2. The van der Waals surface area contributed by atoms with E-state index < -0.39 is 0 Å². The average molecular weight is 341 g/mol. The molecule has 6 heteroatoms. The average Bonchev–Trinajstić information content (AvgIpc) is 2.63. The number of carbonyl (C=O) groups is 1. The number of benzene rings is 1. The van der Waals surface area contributed by atoms with Crippen molar-refractivity contribution in [3.63, 3.8) is 0 Å². The molecule has 0 saturated carbocycles. The number of para-hydroxylation sites is 2.